The fourth-order valence-corrected chi connectivity index (χ4v) is 1.64. The van der Waals surface area contributed by atoms with E-state index in [-0.39, 0.29) is 11.9 Å². The van der Waals surface area contributed by atoms with Crippen LogP contribution in [-0.2, 0) is 6.54 Å². The van der Waals surface area contributed by atoms with Crippen molar-refractivity contribution in [3.05, 3.63) is 29.6 Å². The van der Waals surface area contributed by atoms with E-state index in [0.29, 0.717) is 25.2 Å². The predicted octanol–water partition coefficient (Wildman–Crippen LogP) is 1.49. The molecule has 0 saturated heterocycles. The van der Waals surface area contributed by atoms with Gasteiger partial charge in [-0.3, -0.25) is 0 Å². The number of rotatable bonds is 5. The molecule has 1 aromatic rings. The van der Waals surface area contributed by atoms with Crippen LogP contribution in [-0.4, -0.2) is 24.8 Å². The van der Waals surface area contributed by atoms with Gasteiger partial charge in [-0.15, -0.1) is 0 Å². The summed E-state index contributed by atoms with van der Waals surface area (Å²) in [5.74, 6) is -0.268. The number of benzene rings is 1. The third kappa shape index (κ3) is 3.18. The van der Waals surface area contributed by atoms with Crippen molar-refractivity contribution in [3.8, 4) is 0 Å². The Balaban J connectivity index is 2.84. The van der Waals surface area contributed by atoms with Crippen LogP contribution >= 0.6 is 0 Å². The highest BCUT2D eigenvalue weighted by Crippen LogP contribution is 2.23. The molecule has 0 amide bonds. The van der Waals surface area contributed by atoms with Crippen LogP contribution in [0.25, 0.3) is 0 Å². The number of para-hydroxylation sites is 1. The van der Waals surface area contributed by atoms with E-state index in [1.807, 2.05) is 6.07 Å². The lowest BCUT2D eigenvalue weighted by Gasteiger charge is -2.23. The number of hydrogen-bond acceptors (Lipinski definition) is 3. The van der Waals surface area contributed by atoms with Crippen molar-refractivity contribution in [2.24, 2.45) is 5.73 Å². The molecule has 0 aliphatic heterocycles. The summed E-state index contributed by atoms with van der Waals surface area (Å²) in [5, 5.41) is 9.20. The van der Waals surface area contributed by atoms with Gasteiger partial charge in [0.15, 0.2) is 0 Å². The van der Waals surface area contributed by atoms with E-state index in [0.717, 1.165) is 5.56 Å². The molecule has 3 nitrogen and oxygen atoms in total. The second-order valence-corrected chi connectivity index (χ2v) is 4.01. The predicted molar refractivity (Wildman–Crippen MR) is 63.9 cm³/mol. The Kier molecular flexibility index (Phi) is 4.71. The Morgan fingerprint density at radius 2 is 2.19 bits per heavy atom. The summed E-state index contributed by atoms with van der Waals surface area (Å²) in [6.45, 7) is 2.64. The first kappa shape index (κ1) is 12.9. The lowest BCUT2D eigenvalue weighted by Crippen LogP contribution is -2.24. The molecule has 4 heteroatoms. The van der Waals surface area contributed by atoms with Crippen molar-refractivity contribution in [2.45, 2.75) is 26.0 Å². The van der Waals surface area contributed by atoms with Crippen LogP contribution in [0.2, 0.25) is 0 Å². The molecule has 0 aromatic heterocycles. The number of aliphatic hydroxyl groups excluding tert-OH is 1. The summed E-state index contributed by atoms with van der Waals surface area (Å²) in [5.41, 5.74) is 6.89. The smallest absolute Gasteiger partial charge is 0.146 e. The average Bonchev–Trinajstić information content (AvgIpc) is 2.25. The Labute approximate surface area is 95.7 Å². The first-order chi connectivity index (χ1) is 7.56. The van der Waals surface area contributed by atoms with Crippen molar-refractivity contribution >= 4 is 5.69 Å². The van der Waals surface area contributed by atoms with Crippen molar-refractivity contribution < 1.29 is 9.50 Å². The Bertz CT molecular complexity index is 342. The van der Waals surface area contributed by atoms with E-state index in [1.54, 1.807) is 24.9 Å². The SMILES string of the molecule is CC(O)CCN(C)c1c(F)cccc1CN. The van der Waals surface area contributed by atoms with Crippen LogP contribution in [0.5, 0.6) is 0 Å². The van der Waals surface area contributed by atoms with Gasteiger partial charge in [0.05, 0.1) is 11.8 Å². The fraction of sp³-hybridized carbons (Fsp3) is 0.500. The minimum absolute atomic E-state index is 0.268. The molecular formula is C12H19FN2O. The molecule has 3 N–H and O–H groups in total. The summed E-state index contributed by atoms with van der Waals surface area (Å²) >= 11 is 0. The van der Waals surface area contributed by atoms with Crippen LogP contribution in [0.15, 0.2) is 18.2 Å². The fourth-order valence-electron chi connectivity index (χ4n) is 1.64. The molecule has 0 fully saturated rings. The van der Waals surface area contributed by atoms with Crippen molar-refractivity contribution in [1.82, 2.24) is 0 Å². The Morgan fingerprint density at radius 3 is 2.75 bits per heavy atom. The molecule has 0 bridgehead atoms. The normalized spacial score (nSPS) is 12.6. The molecule has 1 atom stereocenters. The van der Waals surface area contributed by atoms with Crippen LogP contribution in [0.1, 0.15) is 18.9 Å². The average molecular weight is 226 g/mol. The molecule has 0 radical (unpaired) electrons. The zero-order chi connectivity index (χ0) is 12.1. The molecule has 0 aliphatic rings. The Hall–Kier alpha value is -1.13. The van der Waals surface area contributed by atoms with Gasteiger partial charge < -0.3 is 15.7 Å². The standard InChI is InChI=1S/C12H19FN2O/c1-9(16)6-7-15(2)12-10(8-14)4-3-5-11(12)13/h3-5,9,16H,6-8,14H2,1-2H3. The molecule has 1 aromatic carbocycles. The number of nitrogens with zero attached hydrogens (tertiary/aromatic N) is 1. The van der Waals surface area contributed by atoms with Gasteiger partial charge in [0, 0.05) is 20.1 Å². The molecule has 0 saturated carbocycles. The second kappa shape index (κ2) is 5.82. The maximum Gasteiger partial charge on any atom is 0.146 e. The van der Waals surface area contributed by atoms with Gasteiger partial charge in [-0.25, -0.2) is 4.39 Å². The molecular weight excluding hydrogens is 207 g/mol. The largest absolute Gasteiger partial charge is 0.393 e. The zero-order valence-corrected chi connectivity index (χ0v) is 9.78. The highest BCUT2D eigenvalue weighted by molar-refractivity contribution is 5.54. The summed E-state index contributed by atoms with van der Waals surface area (Å²) in [6.07, 6.45) is 0.227. The van der Waals surface area contributed by atoms with E-state index in [2.05, 4.69) is 0 Å². The van der Waals surface area contributed by atoms with E-state index < -0.39 is 0 Å². The van der Waals surface area contributed by atoms with Gasteiger partial charge in [-0.2, -0.15) is 0 Å². The first-order valence-electron chi connectivity index (χ1n) is 5.43. The van der Waals surface area contributed by atoms with Crippen LogP contribution < -0.4 is 10.6 Å². The monoisotopic (exact) mass is 226 g/mol. The van der Waals surface area contributed by atoms with Gasteiger partial charge >= 0.3 is 0 Å². The van der Waals surface area contributed by atoms with Gasteiger partial charge in [0.25, 0.3) is 0 Å². The number of halogens is 1. The highest BCUT2D eigenvalue weighted by atomic mass is 19.1. The van der Waals surface area contributed by atoms with Crippen LogP contribution in [0, 0.1) is 5.82 Å². The molecule has 16 heavy (non-hydrogen) atoms. The minimum atomic E-state index is -0.379. The van der Waals surface area contributed by atoms with E-state index in [4.69, 9.17) is 5.73 Å². The third-order valence-electron chi connectivity index (χ3n) is 2.55. The van der Waals surface area contributed by atoms with Crippen molar-refractivity contribution in [1.29, 1.82) is 0 Å². The summed E-state index contributed by atoms with van der Waals surface area (Å²) < 4.78 is 13.7. The van der Waals surface area contributed by atoms with Gasteiger partial charge in [0.1, 0.15) is 5.82 Å². The number of anilines is 1. The lowest BCUT2D eigenvalue weighted by molar-refractivity contribution is 0.186. The lowest BCUT2D eigenvalue weighted by atomic mass is 10.1. The number of aliphatic hydroxyl groups is 1. The maximum absolute atomic E-state index is 13.7. The summed E-state index contributed by atoms with van der Waals surface area (Å²) in [6, 6.07) is 4.90. The number of hydrogen-bond donors (Lipinski definition) is 2. The van der Waals surface area contributed by atoms with Crippen LogP contribution in [0.3, 0.4) is 0 Å². The van der Waals surface area contributed by atoms with Gasteiger partial charge in [-0.05, 0) is 25.0 Å². The van der Waals surface area contributed by atoms with Gasteiger partial charge in [0.2, 0.25) is 0 Å². The molecule has 0 aliphatic carbocycles. The van der Waals surface area contributed by atoms with Crippen molar-refractivity contribution in [3.63, 3.8) is 0 Å². The second-order valence-electron chi connectivity index (χ2n) is 4.01. The van der Waals surface area contributed by atoms with E-state index in [1.165, 1.54) is 6.07 Å². The van der Waals surface area contributed by atoms with E-state index in [9.17, 15) is 9.50 Å². The molecule has 1 unspecified atom stereocenters. The Morgan fingerprint density at radius 1 is 1.50 bits per heavy atom. The highest BCUT2D eigenvalue weighted by Gasteiger charge is 2.12. The molecule has 0 heterocycles. The molecule has 90 valence electrons. The maximum atomic E-state index is 13.7. The van der Waals surface area contributed by atoms with Gasteiger partial charge in [-0.1, -0.05) is 12.1 Å². The first-order valence-corrected chi connectivity index (χ1v) is 5.43. The summed E-state index contributed by atoms with van der Waals surface area (Å²) in [7, 11) is 1.81. The van der Waals surface area contributed by atoms with E-state index >= 15 is 0 Å². The topological polar surface area (TPSA) is 49.5 Å². The number of nitrogens with two attached hydrogens (primary N) is 1. The molecule has 1 rings (SSSR count). The summed E-state index contributed by atoms with van der Waals surface area (Å²) in [4.78, 5) is 1.80. The minimum Gasteiger partial charge on any atom is -0.393 e. The quantitative estimate of drug-likeness (QED) is 0.799. The zero-order valence-electron chi connectivity index (χ0n) is 9.78. The third-order valence-corrected chi connectivity index (χ3v) is 2.55. The van der Waals surface area contributed by atoms with Crippen molar-refractivity contribution in [2.75, 3.05) is 18.5 Å². The van der Waals surface area contributed by atoms with Crippen LogP contribution in [0.4, 0.5) is 10.1 Å². The molecule has 0 spiro atoms.